The summed E-state index contributed by atoms with van der Waals surface area (Å²) in [4.78, 5) is 14.6. The smallest absolute Gasteiger partial charge is 0.303 e. The molecular formula is C43H65NO7. The molecule has 5 aliphatic carbocycles. The van der Waals surface area contributed by atoms with Crippen molar-refractivity contribution in [3.8, 4) is 0 Å². The van der Waals surface area contributed by atoms with Crippen LogP contribution in [0.25, 0.3) is 0 Å². The first-order valence-corrected chi connectivity index (χ1v) is 20.2. The molecule has 0 amide bonds. The van der Waals surface area contributed by atoms with Crippen LogP contribution >= 0.6 is 0 Å². The molecule has 0 bridgehead atoms. The van der Waals surface area contributed by atoms with Crippen LogP contribution in [0.4, 0.5) is 0 Å². The van der Waals surface area contributed by atoms with Crippen molar-refractivity contribution in [3.63, 3.8) is 0 Å². The number of hydrogen-bond donors (Lipinski definition) is 2. The third-order valence-electron chi connectivity index (χ3n) is 16.8. The second kappa shape index (κ2) is 12.2. The van der Waals surface area contributed by atoms with Crippen LogP contribution in [0.15, 0.2) is 30.3 Å². The fourth-order valence-electron chi connectivity index (χ4n) is 14.5. The van der Waals surface area contributed by atoms with E-state index < -0.39 is 29.9 Å². The number of benzene rings is 1. The molecule has 8 nitrogen and oxygen atoms in total. The normalized spacial score (nSPS) is 47.9. The molecule has 51 heavy (non-hydrogen) atoms. The Hall–Kier alpha value is -1.55. The molecule has 8 heteroatoms. The van der Waals surface area contributed by atoms with Crippen molar-refractivity contribution in [1.82, 2.24) is 4.90 Å². The van der Waals surface area contributed by atoms with E-state index in [1.807, 2.05) is 0 Å². The lowest BCUT2D eigenvalue weighted by atomic mass is 9.41. The number of ether oxygens (including phenoxy) is 4. The topological polar surface area (TPSA) is 97.7 Å². The average molecular weight is 708 g/mol. The second-order valence-electron chi connectivity index (χ2n) is 19.9. The minimum Gasteiger partial charge on any atom is -0.457 e. The lowest BCUT2D eigenvalue weighted by Crippen LogP contribution is -2.60. The summed E-state index contributed by atoms with van der Waals surface area (Å²) in [6, 6.07) is 10.7. The van der Waals surface area contributed by atoms with Crippen LogP contribution in [0.2, 0.25) is 0 Å². The van der Waals surface area contributed by atoms with E-state index in [0.29, 0.717) is 30.3 Å². The first-order chi connectivity index (χ1) is 24.0. The van der Waals surface area contributed by atoms with E-state index in [-0.39, 0.29) is 52.0 Å². The molecule has 1 aromatic rings. The molecule has 7 fully saturated rings. The van der Waals surface area contributed by atoms with E-state index in [4.69, 9.17) is 18.9 Å². The Bertz CT molecular complexity index is 1480. The first kappa shape index (κ1) is 36.4. The zero-order valence-electron chi connectivity index (χ0n) is 32.5. The molecule has 0 radical (unpaired) electrons. The number of rotatable bonds is 7. The van der Waals surface area contributed by atoms with Gasteiger partial charge in [0.25, 0.3) is 0 Å². The van der Waals surface area contributed by atoms with Crippen LogP contribution in [0.5, 0.6) is 0 Å². The van der Waals surface area contributed by atoms with E-state index >= 15 is 0 Å². The predicted octanol–water partition coefficient (Wildman–Crippen LogP) is 6.75. The van der Waals surface area contributed by atoms with E-state index in [0.717, 1.165) is 38.9 Å². The number of esters is 1. The van der Waals surface area contributed by atoms with Crippen LogP contribution in [0, 0.1) is 50.7 Å². The van der Waals surface area contributed by atoms with Crippen LogP contribution in [0.1, 0.15) is 112 Å². The summed E-state index contributed by atoms with van der Waals surface area (Å²) in [6.45, 7) is 20.3. The lowest BCUT2D eigenvalue weighted by molar-refractivity contribution is -0.249. The number of aliphatic hydroxyl groups excluding tert-OH is 1. The van der Waals surface area contributed by atoms with Gasteiger partial charge in [-0.15, -0.1) is 0 Å². The van der Waals surface area contributed by atoms with Gasteiger partial charge in [0.2, 0.25) is 0 Å². The molecule has 8 rings (SSSR count). The number of fused-ring (bicyclic) bond motifs is 4. The van der Waals surface area contributed by atoms with Gasteiger partial charge in [-0.25, -0.2) is 0 Å². The Kier molecular flexibility index (Phi) is 8.73. The fraction of sp³-hybridized carbons (Fsp3) is 0.837. The molecule has 14 atom stereocenters. The van der Waals surface area contributed by atoms with Crippen molar-refractivity contribution in [1.29, 1.82) is 0 Å². The van der Waals surface area contributed by atoms with Gasteiger partial charge in [-0.3, -0.25) is 9.69 Å². The van der Waals surface area contributed by atoms with Crippen LogP contribution in [-0.4, -0.2) is 83.2 Å². The highest BCUT2D eigenvalue weighted by Crippen LogP contribution is 2.89. The monoisotopic (exact) mass is 707 g/mol. The molecule has 284 valence electrons. The van der Waals surface area contributed by atoms with Gasteiger partial charge in [0.05, 0.1) is 36.6 Å². The molecule has 2 spiro atoms. The minimum atomic E-state index is -1.25. The molecule has 0 aromatic heterocycles. The van der Waals surface area contributed by atoms with Crippen LogP contribution in [-0.2, 0) is 30.3 Å². The Balaban J connectivity index is 1.00. The number of nitrogens with zero attached hydrogens (tertiary/aromatic N) is 1. The summed E-state index contributed by atoms with van der Waals surface area (Å²) in [5.74, 6) is 1.10. The lowest BCUT2D eigenvalue weighted by Gasteiger charge is -2.64. The molecular weight excluding hydrogens is 642 g/mol. The number of carbonyl (C=O) groups excluding carboxylic acids is 1. The van der Waals surface area contributed by atoms with Crippen LogP contribution < -0.4 is 0 Å². The van der Waals surface area contributed by atoms with Gasteiger partial charge >= 0.3 is 5.97 Å². The van der Waals surface area contributed by atoms with Gasteiger partial charge in [-0.1, -0.05) is 65.0 Å². The van der Waals surface area contributed by atoms with Gasteiger partial charge in [0.15, 0.2) is 12.4 Å². The summed E-state index contributed by atoms with van der Waals surface area (Å²) >= 11 is 0. The van der Waals surface area contributed by atoms with E-state index in [1.165, 1.54) is 38.2 Å². The highest BCUT2D eigenvalue weighted by molar-refractivity contribution is 5.66. The molecule has 2 aliphatic heterocycles. The zero-order valence-corrected chi connectivity index (χ0v) is 32.5. The molecule has 2 heterocycles. The van der Waals surface area contributed by atoms with E-state index in [9.17, 15) is 15.0 Å². The maximum atomic E-state index is 12.6. The van der Waals surface area contributed by atoms with Gasteiger partial charge < -0.3 is 29.2 Å². The Labute approximate surface area is 306 Å². The third-order valence-corrected chi connectivity index (χ3v) is 16.8. The second-order valence-corrected chi connectivity index (χ2v) is 19.9. The van der Waals surface area contributed by atoms with Gasteiger partial charge in [0.1, 0.15) is 0 Å². The van der Waals surface area contributed by atoms with Crippen LogP contribution in [0.3, 0.4) is 0 Å². The van der Waals surface area contributed by atoms with Crippen molar-refractivity contribution in [2.24, 2.45) is 50.7 Å². The van der Waals surface area contributed by atoms with Gasteiger partial charge in [-0.2, -0.15) is 0 Å². The maximum Gasteiger partial charge on any atom is 0.303 e. The van der Waals surface area contributed by atoms with Crippen molar-refractivity contribution in [2.45, 2.75) is 156 Å². The van der Waals surface area contributed by atoms with Gasteiger partial charge in [-0.05, 0) is 116 Å². The first-order valence-electron chi connectivity index (χ1n) is 20.2. The summed E-state index contributed by atoms with van der Waals surface area (Å²) in [5.41, 5.74) is 0.341. The molecule has 2 N–H and O–H groups in total. The van der Waals surface area contributed by atoms with Crippen molar-refractivity contribution in [2.75, 3.05) is 19.7 Å². The van der Waals surface area contributed by atoms with E-state index in [1.54, 1.807) is 13.8 Å². The number of aliphatic hydroxyl groups is 2. The SMILES string of the molecule is CC(=O)O[C@@H](C1C[C@@H](C)[C@H]2C(O1)[C@H](O)[C@@]1(C)C3CC[C@H]4C(C)(C)[C@@H](O[C@H]5CN(Cc6ccccc6)CCO5)CC[C@@]45C[C@@]35CC[C@]21C)C(C)(C)O. The Morgan fingerprint density at radius 2 is 1.75 bits per heavy atom. The summed E-state index contributed by atoms with van der Waals surface area (Å²) in [6.07, 6.45) is 6.66. The minimum absolute atomic E-state index is 0.0371. The zero-order chi connectivity index (χ0) is 36.4. The maximum absolute atomic E-state index is 12.6. The summed E-state index contributed by atoms with van der Waals surface area (Å²) in [5, 5.41) is 23.7. The number of carbonyl (C=O) groups is 1. The average Bonchev–Trinajstić information content (AvgIpc) is 3.70. The highest BCUT2D eigenvalue weighted by atomic mass is 16.7. The third kappa shape index (κ3) is 5.30. The summed E-state index contributed by atoms with van der Waals surface area (Å²) in [7, 11) is 0. The molecule has 2 saturated heterocycles. The van der Waals surface area contributed by atoms with Gasteiger partial charge in [0, 0.05) is 32.0 Å². The van der Waals surface area contributed by atoms with Crippen molar-refractivity contribution in [3.05, 3.63) is 35.9 Å². The molecule has 3 unspecified atom stereocenters. The molecule has 5 saturated carbocycles. The number of morpholine rings is 1. The van der Waals surface area contributed by atoms with Crippen molar-refractivity contribution >= 4 is 5.97 Å². The standard InChI is InChI=1S/C43H65NO7/c1-26-22-29(37(39(5,6)47)49-27(2)45)50-35-34(26)40(7)18-19-43-25-42(43)17-16-32(38(3,4)30(42)14-15-31(43)41(40,8)36(35)46)51-33-24-44(20-21-48-33)23-28-12-10-9-11-13-28/h9-13,26,29-37,46-47H,14-25H2,1-8H3/t26-,29?,30+,31?,32+,33+,34+,35?,36+,37+,40-,41-,42-,43+/m1/s1. The quantitative estimate of drug-likeness (QED) is 0.301. The predicted molar refractivity (Wildman–Crippen MR) is 194 cm³/mol. The highest BCUT2D eigenvalue weighted by Gasteiger charge is 2.84. The van der Waals surface area contributed by atoms with Crippen molar-refractivity contribution < 1.29 is 34.0 Å². The largest absolute Gasteiger partial charge is 0.457 e. The molecule has 1 aromatic carbocycles. The Morgan fingerprint density at radius 3 is 2.45 bits per heavy atom. The van der Waals surface area contributed by atoms with E-state index in [2.05, 4.69) is 69.9 Å². The summed E-state index contributed by atoms with van der Waals surface area (Å²) < 4.78 is 25.8. The Morgan fingerprint density at radius 1 is 1.04 bits per heavy atom. The molecule has 7 aliphatic rings. The number of hydrogen-bond acceptors (Lipinski definition) is 8. The fourth-order valence-corrected chi connectivity index (χ4v) is 14.5.